The molecule has 1 aromatic heterocycles. The Balaban J connectivity index is 1.55. The molecule has 1 aromatic carbocycles. The quantitative estimate of drug-likeness (QED) is 0.887. The molecule has 2 N–H and O–H groups in total. The number of aromatic nitrogens is 1. The van der Waals surface area contributed by atoms with Crippen molar-refractivity contribution in [1.82, 2.24) is 15.2 Å². The number of rotatable bonds is 5. The van der Waals surface area contributed by atoms with Crippen LogP contribution in [-0.4, -0.2) is 41.3 Å². The number of likely N-dealkylation sites (tertiary alicyclic amines) is 1. The summed E-state index contributed by atoms with van der Waals surface area (Å²) in [5, 5.41) is 4.18. The maximum atomic E-state index is 12.2. The van der Waals surface area contributed by atoms with Crippen LogP contribution in [0.2, 0.25) is 0 Å². The van der Waals surface area contributed by atoms with E-state index in [1.807, 2.05) is 13.1 Å². The van der Waals surface area contributed by atoms with E-state index in [1.54, 1.807) is 4.90 Å². The maximum absolute atomic E-state index is 12.2. The Kier molecular flexibility index (Phi) is 4.37. The van der Waals surface area contributed by atoms with Crippen molar-refractivity contribution in [3.8, 4) is 0 Å². The average Bonchev–Trinajstić information content (AvgIpc) is 3.10. The minimum atomic E-state index is -0.201. The van der Waals surface area contributed by atoms with Gasteiger partial charge in [-0.25, -0.2) is 0 Å². The highest BCUT2D eigenvalue weighted by Crippen LogP contribution is 2.20. The third kappa shape index (κ3) is 3.23. The molecule has 1 aliphatic heterocycles. The topological polar surface area (TPSA) is 65.2 Å². The molecule has 1 aliphatic rings. The molecule has 5 nitrogen and oxygen atoms in total. The normalized spacial score (nSPS) is 17.9. The molecule has 2 aromatic rings. The van der Waals surface area contributed by atoms with Gasteiger partial charge in [0.1, 0.15) is 0 Å². The van der Waals surface area contributed by atoms with Crippen LogP contribution >= 0.6 is 0 Å². The lowest BCUT2D eigenvalue weighted by Crippen LogP contribution is -2.34. The summed E-state index contributed by atoms with van der Waals surface area (Å²) in [4.78, 5) is 28.9. The van der Waals surface area contributed by atoms with Gasteiger partial charge in [-0.05, 0) is 37.5 Å². The first kappa shape index (κ1) is 15.6. The molecule has 0 aliphatic carbocycles. The lowest BCUT2D eigenvalue weighted by Gasteiger charge is -2.13. The van der Waals surface area contributed by atoms with Gasteiger partial charge in [0.25, 0.3) is 0 Å². The molecule has 0 bridgehead atoms. The van der Waals surface area contributed by atoms with Crippen LogP contribution in [0.15, 0.2) is 24.4 Å². The van der Waals surface area contributed by atoms with Gasteiger partial charge in [-0.2, -0.15) is 0 Å². The van der Waals surface area contributed by atoms with E-state index in [9.17, 15) is 9.59 Å². The van der Waals surface area contributed by atoms with Gasteiger partial charge in [-0.15, -0.1) is 0 Å². The maximum Gasteiger partial charge on any atom is 0.225 e. The number of hydrogen-bond donors (Lipinski definition) is 2. The molecule has 0 unspecified atom stereocenters. The van der Waals surface area contributed by atoms with Gasteiger partial charge >= 0.3 is 0 Å². The molecule has 0 saturated carbocycles. The van der Waals surface area contributed by atoms with Crippen molar-refractivity contribution in [3.05, 3.63) is 35.5 Å². The number of aromatic amines is 1. The zero-order valence-corrected chi connectivity index (χ0v) is 13.7. The Bertz CT molecular complexity index is 735. The monoisotopic (exact) mass is 313 g/mol. The number of H-pyrrole nitrogens is 1. The van der Waals surface area contributed by atoms with Crippen LogP contribution in [0.5, 0.6) is 0 Å². The van der Waals surface area contributed by atoms with Crippen LogP contribution < -0.4 is 5.32 Å². The van der Waals surface area contributed by atoms with Gasteiger partial charge in [0, 0.05) is 43.2 Å². The van der Waals surface area contributed by atoms with E-state index in [1.165, 1.54) is 16.5 Å². The van der Waals surface area contributed by atoms with Crippen molar-refractivity contribution < 1.29 is 9.59 Å². The fraction of sp³-hybridized carbons (Fsp3) is 0.444. The lowest BCUT2D eigenvalue weighted by atomic mass is 10.1. The number of aryl methyl sites for hydroxylation is 1. The van der Waals surface area contributed by atoms with E-state index in [0.29, 0.717) is 26.1 Å². The van der Waals surface area contributed by atoms with E-state index >= 15 is 0 Å². The number of carbonyl (C=O) groups is 2. The van der Waals surface area contributed by atoms with Gasteiger partial charge < -0.3 is 15.2 Å². The summed E-state index contributed by atoms with van der Waals surface area (Å²) in [5.41, 5.74) is 3.56. The molecule has 2 heterocycles. The Morgan fingerprint density at radius 3 is 3.00 bits per heavy atom. The molecule has 1 saturated heterocycles. The fourth-order valence-corrected chi connectivity index (χ4v) is 3.23. The lowest BCUT2D eigenvalue weighted by molar-refractivity contribution is -0.128. The number of nitrogens with one attached hydrogen (secondary N) is 2. The summed E-state index contributed by atoms with van der Waals surface area (Å²) < 4.78 is 0. The Labute approximate surface area is 136 Å². The average molecular weight is 313 g/mol. The zero-order valence-electron chi connectivity index (χ0n) is 13.7. The highest BCUT2D eigenvalue weighted by atomic mass is 16.2. The van der Waals surface area contributed by atoms with Crippen molar-refractivity contribution in [3.63, 3.8) is 0 Å². The first-order chi connectivity index (χ1) is 11.1. The molecule has 2 amide bonds. The van der Waals surface area contributed by atoms with E-state index in [4.69, 9.17) is 0 Å². The number of fused-ring (bicyclic) bond motifs is 1. The molecule has 1 atom stereocenters. The van der Waals surface area contributed by atoms with Crippen LogP contribution in [0, 0.1) is 12.8 Å². The first-order valence-corrected chi connectivity index (χ1v) is 8.20. The molecule has 122 valence electrons. The van der Waals surface area contributed by atoms with Crippen LogP contribution in [0.1, 0.15) is 24.5 Å². The molecule has 0 radical (unpaired) electrons. The van der Waals surface area contributed by atoms with Gasteiger partial charge in [-0.1, -0.05) is 12.1 Å². The Hall–Kier alpha value is -2.30. The summed E-state index contributed by atoms with van der Waals surface area (Å²) in [7, 11) is 0. The van der Waals surface area contributed by atoms with Crippen molar-refractivity contribution in [2.75, 3.05) is 19.6 Å². The van der Waals surface area contributed by atoms with E-state index in [0.717, 1.165) is 11.9 Å². The smallest absolute Gasteiger partial charge is 0.225 e. The fourth-order valence-electron chi connectivity index (χ4n) is 3.23. The molecule has 5 heteroatoms. The number of benzene rings is 1. The van der Waals surface area contributed by atoms with Crippen LogP contribution in [-0.2, 0) is 16.0 Å². The summed E-state index contributed by atoms with van der Waals surface area (Å²) in [6.07, 6.45) is 3.13. The Morgan fingerprint density at radius 2 is 2.26 bits per heavy atom. The van der Waals surface area contributed by atoms with Crippen molar-refractivity contribution in [2.45, 2.75) is 26.7 Å². The van der Waals surface area contributed by atoms with E-state index in [2.05, 4.69) is 35.4 Å². The van der Waals surface area contributed by atoms with Crippen LogP contribution in [0.3, 0.4) is 0 Å². The number of nitrogens with zero attached hydrogens (tertiary/aromatic N) is 1. The van der Waals surface area contributed by atoms with Crippen LogP contribution in [0.25, 0.3) is 10.9 Å². The molecular weight excluding hydrogens is 290 g/mol. The van der Waals surface area contributed by atoms with Gasteiger partial charge in [0.15, 0.2) is 0 Å². The molecular formula is C18H23N3O2. The molecule has 0 spiro atoms. The number of amides is 2. The highest BCUT2D eigenvalue weighted by molar-refractivity contribution is 5.89. The number of carbonyl (C=O) groups excluding carboxylic acids is 2. The second-order valence-electron chi connectivity index (χ2n) is 6.24. The summed E-state index contributed by atoms with van der Waals surface area (Å²) in [5.74, 6) is -0.127. The summed E-state index contributed by atoms with van der Waals surface area (Å²) in [6, 6.07) is 6.34. The van der Waals surface area contributed by atoms with Crippen molar-refractivity contribution in [1.29, 1.82) is 0 Å². The van der Waals surface area contributed by atoms with E-state index < -0.39 is 0 Å². The zero-order chi connectivity index (χ0) is 16.4. The third-order valence-electron chi connectivity index (χ3n) is 4.58. The number of hydrogen-bond acceptors (Lipinski definition) is 2. The highest BCUT2D eigenvalue weighted by Gasteiger charge is 2.33. The predicted octanol–water partition coefficient (Wildman–Crippen LogP) is 2.00. The minimum Gasteiger partial charge on any atom is -0.361 e. The first-order valence-electron chi connectivity index (χ1n) is 8.20. The van der Waals surface area contributed by atoms with Crippen molar-refractivity contribution >= 4 is 22.7 Å². The second kappa shape index (κ2) is 6.44. The molecule has 3 rings (SSSR count). The minimum absolute atomic E-state index is 0.00927. The third-order valence-corrected chi connectivity index (χ3v) is 4.58. The van der Waals surface area contributed by atoms with Crippen molar-refractivity contribution in [2.24, 2.45) is 5.92 Å². The SMILES string of the molecule is CCN1C[C@@H](C(=O)NCCc2c[nH]c3cc(C)ccc23)CC1=O. The standard InChI is InChI=1S/C18H23N3O2/c1-3-21-11-14(9-17(21)22)18(23)19-7-6-13-10-20-16-8-12(2)4-5-15(13)16/h4-5,8,10,14,20H,3,6-7,9,11H2,1-2H3,(H,19,23)/t14-/m0/s1. The molecule has 23 heavy (non-hydrogen) atoms. The summed E-state index contributed by atoms with van der Waals surface area (Å²) in [6.45, 7) is 5.83. The van der Waals surface area contributed by atoms with Gasteiger partial charge in [-0.3, -0.25) is 9.59 Å². The largest absolute Gasteiger partial charge is 0.361 e. The van der Waals surface area contributed by atoms with Gasteiger partial charge in [0.05, 0.1) is 5.92 Å². The van der Waals surface area contributed by atoms with Crippen LogP contribution in [0.4, 0.5) is 0 Å². The van der Waals surface area contributed by atoms with Gasteiger partial charge in [0.2, 0.25) is 11.8 Å². The summed E-state index contributed by atoms with van der Waals surface area (Å²) >= 11 is 0. The molecule has 1 fully saturated rings. The predicted molar refractivity (Wildman–Crippen MR) is 90.1 cm³/mol. The second-order valence-corrected chi connectivity index (χ2v) is 6.24. The Morgan fingerprint density at radius 1 is 1.43 bits per heavy atom. The van der Waals surface area contributed by atoms with E-state index in [-0.39, 0.29) is 17.7 Å².